The van der Waals surface area contributed by atoms with Gasteiger partial charge in [-0.25, -0.2) is 9.78 Å². The van der Waals surface area contributed by atoms with Crippen LogP contribution in [0.2, 0.25) is 0 Å². The number of nitrogens with one attached hydrogen (secondary N) is 1. The summed E-state index contributed by atoms with van der Waals surface area (Å²) in [4.78, 5) is 27.9. The lowest BCUT2D eigenvalue weighted by Gasteiger charge is -2.29. The van der Waals surface area contributed by atoms with Crippen LogP contribution in [0.4, 0.5) is 10.6 Å². The predicted molar refractivity (Wildman–Crippen MR) is 73.3 cm³/mol. The van der Waals surface area contributed by atoms with Crippen molar-refractivity contribution in [1.82, 2.24) is 15.2 Å². The van der Waals surface area contributed by atoms with Gasteiger partial charge in [0, 0.05) is 25.8 Å². The van der Waals surface area contributed by atoms with Gasteiger partial charge in [-0.3, -0.25) is 4.79 Å². The van der Waals surface area contributed by atoms with Gasteiger partial charge < -0.3 is 21.1 Å². The van der Waals surface area contributed by atoms with E-state index in [1.807, 2.05) is 0 Å². The number of carbonyl (C=O) groups excluding carboxylic acids is 1. The number of pyridine rings is 1. The topological polar surface area (TPSA) is 109 Å². The largest absolute Gasteiger partial charge is 0.465 e. The first-order chi connectivity index (χ1) is 9.56. The molecule has 1 aliphatic rings. The summed E-state index contributed by atoms with van der Waals surface area (Å²) in [5.41, 5.74) is 5.93. The lowest BCUT2D eigenvalue weighted by atomic mass is 9.97. The lowest BCUT2D eigenvalue weighted by Crippen LogP contribution is -2.40. The third kappa shape index (κ3) is 3.59. The molecule has 2 rings (SSSR count). The molecule has 7 nitrogen and oxygen atoms in total. The number of nitrogens with two attached hydrogens (primary N) is 1. The molecule has 2 heterocycles. The van der Waals surface area contributed by atoms with Gasteiger partial charge in [0.1, 0.15) is 5.82 Å². The third-order valence-electron chi connectivity index (χ3n) is 3.48. The first-order valence-corrected chi connectivity index (χ1v) is 6.54. The van der Waals surface area contributed by atoms with Gasteiger partial charge in [-0.2, -0.15) is 0 Å². The van der Waals surface area contributed by atoms with Crippen molar-refractivity contribution < 1.29 is 14.7 Å². The molecule has 1 aliphatic heterocycles. The SMILES string of the molecule is Nc1ccc(C(=O)NCC2CCN(C(=O)O)CC2)cn1. The number of hydrogen-bond donors (Lipinski definition) is 3. The van der Waals surface area contributed by atoms with E-state index in [1.165, 1.54) is 11.1 Å². The third-order valence-corrected chi connectivity index (χ3v) is 3.48. The minimum absolute atomic E-state index is 0.182. The molecule has 7 heteroatoms. The van der Waals surface area contributed by atoms with Crippen molar-refractivity contribution in [3.63, 3.8) is 0 Å². The van der Waals surface area contributed by atoms with Crippen LogP contribution in [0.15, 0.2) is 18.3 Å². The monoisotopic (exact) mass is 278 g/mol. The number of carboxylic acid groups (broad SMARTS) is 1. The van der Waals surface area contributed by atoms with Crippen molar-refractivity contribution in [3.05, 3.63) is 23.9 Å². The molecule has 0 radical (unpaired) electrons. The molecule has 2 amide bonds. The van der Waals surface area contributed by atoms with Crippen molar-refractivity contribution in [2.75, 3.05) is 25.4 Å². The fraction of sp³-hybridized carbons (Fsp3) is 0.462. The Hall–Kier alpha value is -2.31. The molecule has 0 saturated carbocycles. The average Bonchev–Trinajstić information content (AvgIpc) is 2.46. The summed E-state index contributed by atoms with van der Waals surface area (Å²) in [5.74, 6) is 0.511. The number of likely N-dealkylation sites (tertiary alicyclic amines) is 1. The van der Waals surface area contributed by atoms with Gasteiger partial charge in [0.25, 0.3) is 5.91 Å². The molecule has 4 N–H and O–H groups in total. The van der Waals surface area contributed by atoms with E-state index in [4.69, 9.17) is 10.8 Å². The summed E-state index contributed by atoms with van der Waals surface area (Å²) in [6, 6.07) is 3.21. The highest BCUT2D eigenvalue weighted by Gasteiger charge is 2.22. The Labute approximate surface area is 116 Å². The minimum atomic E-state index is -0.875. The molecule has 20 heavy (non-hydrogen) atoms. The number of carbonyl (C=O) groups is 2. The number of rotatable bonds is 3. The lowest BCUT2D eigenvalue weighted by molar-refractivity contribution is 0.0928. The van der Waals surface area contributed by atoms with Gasteiger partial charge >= 0.3 is 6.09 Å². The summed E-state index contributed by atoms with van der Waals surface area (Å²) in [6.07, 6.45) is 2.11. The van der Waals surface area contributed by atoms with Crippen LogP contribution in [0.3, 0.4) is 0 Å². The van der Waals surface area contributed by atoms with Crippen LogP contribution in [0, 0.1) is 5.92 Å². The van der Waals surface area contributed by atoms with E-state index >= 15 is 0 Å². The summed E-state index contributed by atoms with van der Waals surface area (Å²) in [7, 11) is 0. The Morgan fingerprint density at radius 2 is 2.10 bits per heavy atom. The quantitative estimate of drug-likeness (QED) is 0.757. The Morgan fingerprint density at radius 3 is 2.65 bits per heavy atom. The molecule has 0 unspecified atom stereocenters. The molecule has 0 atom stereocenters. The number of amides is 2. The van der Waals surface area contributed by atoms with E-state index in [2.05, 4.69) is 10.3 Å². The number of piperidine rings is 1. The fourth-order valence-corrected chi connectivity index (χ4v) is 2.21. The van der Waals surface area contributed by atoms with Crippen molar-refractivity contribution in [2.24, 2.45) is 5.92 Å². The number of aromatic nitrogens is 1. The van der Waals surface area contributed by atoms with Crippen LogP contribution in [-0.2, 0) is 0 Å². The van der Waals surface area contributed by atoms with Crippen LogP contribution in [0.1, 0.15) is 23.2 Å². The Balaban J connectivity index is 1.77. The zero-order valence-corrected chi connectivity index (χ0v) is 11.1. The number of anilines is 1. The zero-order chi connectivity index (χ0) is 14.5. The first kappa shape index (κ1) is 14.1. The van der Waals surface area contributed by atoms with E-state index in [0.29, 0.717) is 36.9 Å². The summed E-state index contributed by atoms with van der Waals surface area (Å²) in [5, 5.41) is 11.7. The average molecular weight is 278 g/mol. The number of nitrogen functional groups attached to an aromatic ring is 1. The zero-order valence-electron chi connectivity index (χ0n) is 11.1. The van der Waals surface area contributed by atoms with Crippen molar-refractivity contribution in [2.45, 2.75) is 12.8 Å². The normalized spacial score (nSPS) is 15.9. The molecule has 0 aliphatic carbocycles. The van der Waals surface area contributed by atoms with Gasteiger partial charge in [0.2, 0.25) is 0 Å². The Morgan fingerprint density at radius 1 is 1.40 bits per heavy atom. The molecule has 0 spiro atoms. The van der Waals surface area contributed by atoms with Gasteiger partial charge in [-0.05, 0) is 30.9 Å². The molecule has 108 valence electrons. The molecule has 1 aromatic heterocycles. The Kier molecular flexibility index (Phi) is 4.39. The molecule has 1 saturated heterocycles. The van der Waals surface area contributed by atoms with E-state index in [1.54, 1.807) is 12.1 Å². The highest BCUT2D eigenvalue weighted by Crippen LogP contribution is 2.16. The van der Waals surface area contributed by atoms with Crippen LogP contribution >= 0.6 is 0 Å². The van der Waals surface area contributed by atoms with E-state index in [-0.39, 0.29) is 5.91 Å². The van der Waals surface area contributed by atoms with E-state index in [9.17, 15) is 9.59 Å². The predicted octanol–water partition coefficient (Wildman–Crippen LogP) is 0.784. The maximum atomic E-state index is 11.9. The van der Waals surface area contributed by atoms with Crippen molar-refractivity contribution in [3.8, 4) is 0 Å². The highest BCUT2D eigenvalue weighted by molar-refractivity contribution is 5.93. The van der Waals surface area contributed by atoms with Gasteiger partial charge in [-0.1, -0.05) is 0 Å². The van der Waals surface area contributed by atoms with E-state index in [0.717, 1.165) is 12.8 Å². The second kappa shape index (κ2) is 6.23. The second-order valence-electron chi connectivity index (χ2n) is 4.89. The van der Waals surface area contributed by atoms with Crippen molar-refractivity contribution >= 4 is 17.8 Å². The van der Waals surface area contributed by atoms with Crippen LogP contribution in [-0.4, -0.2) is 46.6 Å². The van der Waals surface area contributed by atoms with Gasteiger partial charge in [0.05, 0.1) is 5.56 Å². The second-order valence-corrected chi connectivity index (χ2v) is 4.89. The summed E-state index contributed by atoms with van der Waals surface area (Å²) >= 11 is 0. The first-order valence-electron chi connectivity index (χ1n) is 6.54. The maximum absolute atomic E-state index is 11.9. The van der Waals surface area contributed by atoms with Crippen LogP contribution in [0.25, 0.3) is 0 Å². The van der Waals surface area contributed by atoms with Crippen LogP contribution in [0.5, 0.6) is 0 Å². The van der Waals surface area contributed by atoms with Crippen molar-refractivity contribution in [1.29, 1.82) is 0 Å². The molecular formula is C13H18N4O3. The minimum Gasteiger partial charge on any atom is -0.465 e. The number of nitrogens with zero attached hydrogens (tertiary/aromatic N) is 2. The van der Waals surface area contributed by atoms with Gasteiger partial charge in [0.15, 0.2) is 0 Å². The Bertz CT molecular complexity index is 481. The highest BCUT2D eigenvalue weighted by atomic mass is 16.4. The molecule has 0 aromatic carbocycles. The summed E-state index contributed by atoms with van der Waals surface area (Å²) < 4.78 is 0. The number of hydrogen-bond acceptors (Lipinski definition) is 4. The molecular weight excluding hydrogens is 260 g/mol. The van der Waals surface area contributed by atoms with E-state index < -0.39 is 6.09 Å². The standard InChI is InChI=1S/C13H18N4O3/c14-11-2-1-10(8-15-11)12(18)16-7-9-3-5-17(6-4-9)13(19)20/h1-2,8-9H,3-7H2,(H2,14,15)(H,16,18)(H,19,20). The molecule has 1 aromatic rings. The summed E-state index contributed by atoms with van der Waals surface area (Å²) in [6.45, 7) is 1.61. The smallest absolute Gasteiger partial charge is 0.407 e. The fourth-order valence-electron chi connectivity index (χ4n) is 2.21. The van der Waals surface area contributed by atoms with Gasteiger partial charge in [-0.15, -0.1) is 0 Å². The molecule has 1 fully saturated rings. The molecule has 0 bridgehead atoms. The van der Waals surface area contributed by atoms with Crippen LogP contribution < -0.4 is 11.1 Å². The maximum Gasteiger partial charge on any atom is 0.407 e.